The molecular formula is C22H16Br2NO2P. The maximum atomic E-state index is 6.36. The van der Waals surface area contributed by atoms with E-state index < -0.39 is 8.16 Å². The molecule has 4 aromatic carbocycles. The summed E-state index contributed by atoms with van der Waals surface area (Å²) in [7, 11) is 2.72. The first kappa shape index (κ1) is 18.3. The number of fused-ring (bicyclic) bond motifs is 7. The topological polar surface area (TPSA) is 29.5 Å². The van der Waals surface area contributed by atoms with E-state index in [1.807, 2.05) is 18.8 Å². The van der Waals surface area contributed by atoms with Gasteiger partial charge in [-0.1, -0.05) is 56.1 Å². The van der Waals surface area contributed by atoms with Crippen LogP contribution in [-0.2, 0) is 0 Å². The molecule has 1 aromatic heterocycles. The van der Waals surface area contributed by atoms with Gasteiger partial charge in [0.2, 0.25) is 0 Å². The van der Waals surface area contributed by atoms with E-state index in [0.717, 1.165) is 52.4 Å². The molecule has 1 heterocycles. The molecule has 0 aliphatic carbocycles. The summed E-state index contributed by atoms with van der Waals surface area (Å²) in [5, 5.41) is 6.79. The second kappa shape index (κ2) is 6.93. The first-order chi connectivity index (χ1) is 13.5. The molecule has 0 N–H and O–H groups in total. The summed E-state index contributed by atoms with van der Waals surface area (Å²) in [6.45, 7) is 0. The Kier molecular flexibility index (Phi) is 4.52. The summed E-state index contributed by atoms with van der Waals surface area (Å²) in [6.07, 6.45) is 0. The number of hydrogen-bond acceptors (Lipinski definition) is 3. The molecule has 0 saturated heterocycles. The predicted molar refractivity (Wildman–Crippen MR) is 127 cm³/mol. The highest BCUT2D eigenvalue weighted by Crippen LogP contribution is 2.41. The molecule has 140 valence electrons. The van der Waals surface area contributed by atoms with Crippen molar-refractivity contribution in [1.29, 1.82) is 0 Å². The first-order valence-electron chi connectivity index (χ1n) is 8.79. The Bertz CT molecular complexity index is 1320. The molecule has 0 atom stereocenters. The Labute approximate surface area is 179 Å². The van der Waals surface area contributed by atoms with Gasteiger partial charge in [0.25, 0.3) is 0 Å². The zero-order valence-electron chi connectivity index (χ0n) is 15.2. The lowest BCUT2D eigenvalue weighted by molar-refractivity contribution is 0.635. The van der Waals surface area contributed by atoms with Gasteiger partial charge in [-0.25, -0.2) is 4.67 Å². The van der Waals surface area contributed by atoms with Crippen LogP contribution >= 0.6 is 40.0 Å². The van der Waals surface area contributed by atoms with Crippen molar-refractivity contribution in [2.45, 2.75) is 0 Å². The minimum atomic E-state index is -1.24. The SMILES string of the molecule is CN(C)p1oc2ccc3cc(Br)ccc3c2c2c(ccc3cc(Br)ccc32)o1. The molecule has 0 unspecified atom stereocenters. The molecule has 0 aliphatic rings. The van der Waals surface area contributed by atoms with Gasteiger partial charge in [-0.15, -0.1) is 0 Å². The third-order valence-electron chi connectivity index (χ3n) is 4.82. The van der Waals surface area contributed by atoms with Crippen LogP contribution in [0.3, 0.4) is 0 Å². The van der Waals surface area contributed by atoms with Crippen molar-refractivity contribution in [2.24, 2.45) is 0 Å². The zero-order chi connectivity index (χ0) is 19.4. The molecule has 0 fully saturated rings. The molecule has 0 spiro atoms. The van der Waals surface area contributed by atoms with Gasteiger partial charge in [0.05, 0.1) is 0 Å². The highest BCUT2D eigenvalue weighted by Gasteiger charge is 2.14. The Morgan fingerprint density at radius 1 is 0.679 bits per heavy atom. The van der Waals surface area contributed by atoms with Crippen molar-refractivity contribution in [3.8, 4) is 0 Å². The van der Waals surface area contributed by atoms with Crippen LogP contribution in [0.1, 0.15) is 0 Å². The van der Waals surface area contributed by atoms with Crippen LogP contribution in [-0.4, -0.2) is 14.1 Å². The summed E-state index contributed by atoms with van der Waals surface area (Å²) < 4.78 is 16.8. The molecule has 28 heavy (non-hydrogen) atoms. The average molecular weight is 517 g/mol. The molecule has 0 radical (unpaired) electrons. The Hall–Kier alpha value is -1.78. The lowest BCUT2D eigenvalue weighted by atomic mass is 9.99. The molecule has 0 saturated carbocycles. The molecular weight excluding hydrogens is 501 g/mol. The Morgan fingerprint density at radius 2 is 1.14 bits per heavy atom. The highest BCUT2D eigenvalue weighted by molar-refractivity contribution is 9.10. The van der Waals surface area contributed by atoms with Crippen molar-refractivity contribution in [3.63, 3.8) is 0 Å². The maximum Gasteiger partial charge on any atom is 0.309 e. The van der Waals surface area contributed by atoms with Crippen LogP contribution in [0.2, 0.25) is 0 Å². The van der Waals surface area contributed by atoms with Crippen LogP contribution in [0, 0.1) is 0 Å². The fraction of sp³-hybridized carbons (Fsp3) is 0.0909. The minimum absolute atomic E-state index is 0.851. The maximum absolute atomic E-state index is 6.36. The van der Waals surface area contributed by atoms with Gasteiger partial charge in [-0.05, 0) is 57.9 Å². The van der Waals surface area contributed by atoms with Gasteiger partial charge in [-0.3, -0.25) is 0 Å². The molecule has 0 amide bonds. The van der Waals surface area contributed by atoms with E-state index in [1.165, 1.54) is 0 Å². The van der Waals surface area contributed by atoms with Gasteiger partial charge in [0.1, 0.15) is 11.2 Å². The van der Waals surface area contributed by atoms with Gasteiger partial charge in [0.15, 0.2) is 0 Å². The highest BCUT2D eigenvalue weighted by atomic mass is 79.9. The first-order valence-corrected chi connectivity index (χ1v) is 11.5. The van der Waals surface area contributed by atoms with E-state index in [-0.39, 0.29) is 0 Å². The smallest absolute Gasteiger partial charge is 0.309 e. The summed E-state index contributed by atoms with van der Waals surface area (Å²) >= 11 is 7.17. The standard InChI is InChI=1S/C22H16Br2NO2P/c1-25(2)28-26-19-9-3-13-11-15(23)5-7-17(13)21(19)22-18-8-6-16(24)12-14(18)4-10-20(22)27-28/h3-12H,1-2H3. The van der Waals surface area contributed by atoms with Gasteiger partial charge < -0.3 is 8.39 Å². The van der Waals surface area contributed by atoms with Gasteiger partial charge in [-0.2, -0.15) is 0 Å². The van der Waals surface area contributed by atoms with Crippen LogP contribution in [0.25, 0.3) is 43.5 Å². The van der Waals surface area contributed by atoms with E-state index in [0.29, 0.717) is 0 Å². The normalized spacial score (nSPS) is 11.9. The van der Waals surface area contributed by atoms with E-state index in [2.05, 4.69) is 92.5 Å². The zero-order valence-corrected chi connectivity index (χ0v) is 19.3. The van der Waals surface area contributed by atoms with E-state index in [4.69, 9.17) is 8.39 Å². The predicted octanol–water partition coefficient (Wildman–Crippen LogP) is 8.32. The lowest BCUT2D eigenvalue weighted by Gasteiger charge is -2.06. The van der Waals surface area contributed by atoms with Gasteiger partial charge in [0, 0.05) is 33.8 Å². The molecule has 3 nitrogen and oxygen atoms in total. The van der Waals surface area contributed by atoms with Crippen molar-refractivity contribution in [1.82, 2.24) is 0 Å². The van der Waals surface area contributed by atoms with Crippen molar-refractivity contribution < 1.29 is 8.39 Å². The number of benzene rings is 4. The third kappa shape index (κ3) is 2.98. The second-order valence-electron chi connectivity index (χ2n) is 6.88. The monoisotopic (exact) mass is 515 g/mol. The van der Waals surface area contributed by atoms with Crippen molar-refractivity contribution >= 4 is 83.5 Å². The number of nitrogens with zero attached hydrogens (tertiary/aromatic N) is 1. The molecule has 5 aromatic rings. The van der Waals surface area contributed by atoms with Crippen molar-refractivity contribution in [3.05, 3.63) is 69.6 Å². The molecule has 5 rings (SSSR count). The van der Waals surface area contributed by atoms with E-state index in [9.17, 15) is 0 Å². The summed E-state index contributed by atoms with van der Waals surface area (Å²) in [4.78, 5) is 0. The fourth-order valence-electron chi connectivity index (χ4n) is 3.58. The van der Waals surface area contributed by atoms with Crippen LogP contribution in [0.4, 0.5) is 0 Å². The Balaban J connectivity index is 2.14. The van der Waals surface area contributed by atoms with Crippen LogP contribution < -0.4 is 4.67 Å². The quantitative estimate of drug-likeness (QED) is 0.224. The fourth-order valence-corrected chi connectivity index (χ4v) is 5.34. The average Bonchev–Trinajstić information content (AvgIpc) is 2.84. The van der Waals surface area contributed by atoms with E-state index in [1.54, 1.807) is 0 Å². The van der Waals surface area contributed by atoms with Crippen molar-refractivity contribution in [2.75, 3.05) is 18.8 Å². The molecule has 0 bridgehead atoms. The largest absolute Gasteiger partial charge is 0.408 e. The van der Waals surface area contributed by atoms with Gasteiger partial charge >= 0.3 is 8.16 Å². The number of rotatable bonds is 1. The summed E-state index contributed by atoms with van der Waals surface area (Å²) in [5.41, 5.74) is 1.70. The lowest BCUT2D eigenvalue weighted by Crippen LogP contribution is -2.02. The Morgan fingerprint density at radius 3 is 1.57 bits per heavy atom. The number of halogens is 2. The second-order valence-corrected chi connectivity index (χ2v) is 10.3. The van der Waals surface area contributed by atoms with Crippen LogP contribution in [0.15, 0.2) is 78.0 Å². The molecule has 6 heteroatoms. The summed E-state index contributed by atoms with van der Waals surface area (Å²) in [6, 6.07) is 21.0. The third-order valence-corrected chi connectivity index (χ3v) is 7.16. The summed E-state index contributed by atoms with van der Waals surface area (Å²) in [5.74, 6) is 0. The van der Waals surface area contributed by atoms with Crippen LogP contribution in [0.5, 0.6) is 0 Å². The number of hydrogen-bond donors (Lipinski definition) is 0. The minimum Gasteiger partial charge on any atom is -0.408 e. The molecule has 0 aliphatic heterocycles. The van der Waals surface area contributed by atoms with E-state index >= 15 is 0 Å².